The number of hydrogen-bond acceptors (Lipinski definition) is 1. The third-order valence-electron chi connectivity index (χ3n) is 4.28. The zero-order valence-electron chi connectivity index (χ0n) is 11.5. The summed E-state index contributed by atoms with van der Waals surface area (Å²) in [5, 5.41) is 9.40. The van der Waals surface area contributed by atoms with E-state index in [-0.39, 0.29) is 0 Å². The maximum atomic E-state index is 9.40. The highest BCUT2D eigenvalue weighted by Crippen LogP contribution is 2.32. The minimum Gasteiger partial charge on any atom is -0.193 e. The average Bonchev–Trinajstić information content (AvgIpc) is 2.30. The largest absolute Gasteiger partial charge is 0.193 e. The Morgan fingerprint density at radius 2 is 1.44 bits per heavy atom. The number of nitriles is 1. The first-order valence-corrected chi connectivity index (χ1v) is 7.73. The fourth-order valence-electron chi connectivity index (χ4n) is 3.20. The van der Waals surface area contributed by atoms with Gasteiger partial charge in [-0.05, 0) is 62.5 Å². The second-order valence-corrected chi connectivity index (χ2v) is 5.67. The third-order valence-corrected chi connectivity index (χ3v) is 4.28. The van der Waals surface area contributed by atoms with E-state index in [9.17, 15) is 5.26 Å². The standard InChI is InChI=1S/C17H25N/c18-14-16-12-8-4-5-9-13-17(16)15-10-6-2-1-3-7-11-15/h10H,1-9,11-13H2/b15-10+,17-16-. The molecule has 98 valence electrons. The first kappa shape index (κ1) is 13.4. The summed E-state index contributed by atoms with van der Waals surface area (Å²) >= 11 is 0. The van der Waals surface area contributed by atoms with Gasteiger partial charge in [0.25, 0.3) is 0 Å². The Balaban J connectivity index is 2.21. The van der Waals surface area contributed by atoms with E-state index in [0.717, 1.165) is 18.4 Å². The number of rotatable bonds is 1. The van der Waals surface area contributed by atoms with Gasteiger partial charge in [0.1, 0.15) is 0 Å². The molecule has 0 aliphatic heterocycles. The van der Waals surface area contributed by atoms with Crippen LogP contribution in [0, 0.1) is 11.3 Å². The van der Waals surface area contributed by atoms with E-state index in [1.165, 1.54) is 75.4 Å². The van der Waals surface area contributed by atoms with Crippen molar-refractivity contribution in [3.05, 3.63) is 22.8 Å². The lowest BCUT2D eigenvalue weighted by Gasteiger charge is -2.19. The second kappa shape index (κ2) is 7.41. The maximum absolute atomic E-state index is 9.40. The monoisotopic (exact) mass is 243 g/mol. The smallest absolute Gasteiger partial charge is 0.0950 e. The fraction of sp³-hybridized carbons (Fsp3) is 0.706. The Hall–Kier alpha value is -1.03. The summed E-state index contributed by atoms with van der Waals surface area (Å²) in [5.74, 6) is 0. The Kier molecular flexibility index (Phi) is 5.52. The van der Waals surface area contributed by atoms with E-state index < -0.39 is 0 Å². The van der Waals surface area contributed by atoms with Gasteiger partial charge >= 0.3 is 0 Å². The van der Waals surface area contributed by atoms with Gasteiger partial charge in [0.05, 0.1) is 6.07 Å². The van der Waals surface area contributed by atoms with Crippen LogP contribution >= 0.6 is 0 Å². The van der Waals surface area contributed by atoms with E-state index in [1.807, 2.05) is 0 Å². The topological polar surface area (TPSA) is 23.8 Å². The van der Waals surface area contributed by atoms with Crippen LogP contribution in [0.4, 0.5) is 0 Å². The summed E-state index contributed by atoms with van der Waals surface area (Å²) in [6, 6.07) is 2.49. The van der Waals surface area contributed by atoms with Crippen molar-refractivity contribution in [2.75, 3.05) is 0 Å². The minimum atomic E-state index is 1.02. The van der Waals surface area contributed by atoms with Gasteiger partial charge in [-0.2, -0.15) is 5.26 Å². The molecule has 1 nitrogen and oxygen atoms in total. The van der Waals surface area contributed by atoms with Crippen LogP contribution in [-0.2, 0) is 0 Å². The highest BCUT2D eigenvalue weighted by atomic mass is 14.3. The molecule has 18 heavy (non-hydrogen) atoms. The van der Waals surface area contributed by atoms with Crippen LogP contribution < -0.4 is 0 Å². The van der Waals surface area contributed by atoms with Crippen LogP contribution in [0.15, 0.2) is 22.8 Å². The second-order valence-electron chi connectivity index (χ2n) is 5.67. The Labute approximate surface area is 112 Å². The molecule has 2 aliphatic carbocycles. The van der Waals surface area contributed by atoms with E-state index in [1.54, 1.807) is 0 Å². The van der Waals surface area contributed by atoms with Gasteiger partial charge in [0.15, 0.2) is 0 Å². The first-order valence-electron chi connectivity index (χ1n) is 7.73. The number of nitrogens with zero attached hydrogens (tertiary/aromatic N) is 1. The van der Waals surface area contributed by atoms with Crippen molar-refractivity contribution in [3.63, 3.8) is 0 Å². The lowest BCUT2D eigenvalue weighted by atomic mass is 9.86. The SMILES string of the molecule is N#C/C1=C(\C2=C\CCCCCC2)CCCCCC1. The summed E-state index contributed by atoms with van der Waals surface area (Å²) in [6.45, 7) is 0. The van der Waals surface area contributed by atoms with Crippen molar-refractivity contribution >= 4 is 0 Å². The third kappa shape index (κ3) is 3.73. The lowest BCUT2D eigenvalue weighted by molar-refractivity contribution is 0.600. The molecule has 2 aliphatic rings. The molecule has 0 N–H and O–H groups in total. The predicted octanol–water partition coefficient (Wildman–Crippen LogP) is 5.44. The van der Waals surface area contributed by atoms with Crippen LogP contribution in [0.1, 0.15) is 77.0 Å². The summed E-state index contributed by atoms with van der Waals surface area (Å²) in [4.78, 5) is 0. The van der Waals surface area contributed by atoms with Gasteiger partial charge in [0.2, 0.25) is 0 Å². The van der Waals surface area contributed by atoms with Gasteiger partial charge in [-0.3, -0.25) is 0 Å². The number of allylic oxidation sites excluding steroid dienone is 4. The van der Waals surface area contributed by atoms with Crippen LogP contribution in [0.2, 0.25) is 0 Å². The predicted molar refractivity (Wildman–Crippen MR) is 76.1 cm³/mol. The van der Waals surface area contributed by atoms with E-state index >= 15 is 0 Å². The molecule has 2 rings (SSSR count). The molecular weight excluding hydrogens is 218 g/mol. The van der Waals surface area contributed by atoms with Crippen LogP contribution in [-0.4, -0.2) is 0 Å². The summed E-state index contributed by atoms with van der Waals surface area (Å²) in [5.41, 5.74) is 4.05. The average molecular weight is 243 g/mol. The van der Waals surface area contributed by atoms with Gasteiger partial charge < -0.3 is 0 Å². The molecule has 0 spiro atoms. The normalized spacial score (nSPS) is 30.1. The van der Waals surface area contributed by atoms with Crippen LogP contribution in [0.3, 0.4) is 0 Å². The van der Waals surface area contributed by atoms with Crippen molar-refractivity contribution < 1.29 is 0 Å². The molecule has 0 amide bonds. The van der Waals surface area contributed by atoms with E-state index in [0.29, 0.717) is 0 Å². The summed E-state index contributed by atoms with van der Waals surface area (Å²) < 4.78 is 0. The van der Waals surface area contributed by atoms with Crippen LogP contribution in [0.25, 0.3) is 0 Å². The van der Waals surface area contributed by atoms with Crippen LogP contribution in [0.5, 0.6) is 0 Å². The molecule has 0 heterocycles. The van der Waals surface area contributed by atoms with E-state index in [2.05, 4.69) is 12.1 Å². The van der Waals surface area contributed by atoms with Crippen molar-refractivity contribution in [1.29, 1.82) is 5.26 Å². The first-order chi connectivity index (χ1) is 8.92. The molecule has 0 fully saturated rings. The Morgan fingerprint density at radius 3 is 2.22 bits per heavy atom. The van der Waals surface area contributed by atoms with Crippen molar-refractivity contribution in [2.45, 2.75) is 77.0 Å². The zero-order valence-corrected chi connectivity index (χ0v) is 11.5. The van der Waals surface area contributed by atoms with Crippen molar-refractivity contribution in [3.8, 4) is 6.07 Å². The molecule has 0 aromatic rings. The Morgan fingerprint density at radius 1 is 0.778 bits per heavy atom. The highest BCUT2D eigenvalue weighted by Gasteiger charge is 2.14. The van der Waals surface area contributed by atoms with Crippen molar-refractivity contribution in [1.82, 2.24) is 0 Å². The summed E-state index contributed by atoms with van der Waals surface area (Å²) in [6.07, 6.45) is 17.6. The molecule has 0 saturated heterocycles. The minimum absolute atomic E-state index is 1.02. The van der Waals surface area contributed by atoms with Gasteiger partial charge in [0, 0.05) is 5.57 Å². The van der Waals surface area contributed by atoms with Gasteiger partial charge in [-0.15, -0.1) is 0 Å². The molecule has 0 radical (unpaired) electrons. The fourth-order valence-corrected chi connectivity index (χ4v) is 3.20. The quantitative estimate of drug-likeness (QED) is 0.601. The molecule has 0 unspecified atom stereocenters. The molecule has 0 aromatic carbocycles. The van der Waals surface area contributed by atoms with E-state index in [4.69, 9.17) is 0 Å². The van der Waals surface area contributed by atoms with Gasteiger partial charge in [-0.1, -0.05) is 31.8 Å². The summed E-state index contributed by atoms with van der Waals surface area (Å²) in [7, 11) is 0. The number of hydrogen-bond donors (Lipinski definition) is 0. The lowest BCUT2D eigenvalue weighted by Crippen LogP contribution is -2.01. The molecule has 0 saturated carbocycles. The molecule has 0 atom stereocenters. The zero-order chi connectivity index (χ0) is 12.6. The Bertz CT molecular complexity index is 368. The van der Waals surface area contributed by atoms with Gasteiger partial charge in [-0.25, -0.2) is 0 Å². The van der Waals surface area contributed by atoms with Crippen molar-refractivity contribution in [2.24, 2.45) is 0 Å². The molecule has 0 aromatic heterocycles. The highest BCUT2D eigenvalue weighted by molar-refractivity contribution is 5.41. The molecule has 0 bridgehead atoms. The maximum Gasteiger partial charge on any atom is 0.0950 e. The molecule has 1 heteroatoms. The molecular formula is C17H25N.